The van der Waals surface area contributed by atoms with Gasteiger partial charge in [0.15, 0.2) is 18.7 Å². The topological polar surface area (TPSA) is 231 Å². The van der Waals surface area contributed by atoms with Crippen molar-refractivity contribution in [1.82, 2.24) is 0 Å². The van der Waals surface area contributed by atoms with Crippen molar-refractivity contribution in [2.75, 3.05) is 26.4 Å². The summed E-state index contributed by atoms with van der Waals surface area (Å²) >= 11 is 0. The molecule has 2 aliphatic rings. The molecule has 11 unspecified atom stereocenters. The van der Waals surface area contributed by atoms with E-state index in [9.17, 15) is 45.3 Å². The van der Waals surface area contributed by atoms with E-state index in [1.54, 1.807) is 0 Å². The lowest BCUT2D eigenvalue weighted by atomic mass is 9.98. The van der Waals surface area contributed by atoms with E-state index in [1.165, 1.54) is 12.8 Å². The van der Waals surface area contributed by atoms with Gasteiger partial charge in [0.25, 0.3) is 0 Å². The van der Waals surface area contributed by atoms with Gasteiger partial charge in [0.1, 0.15) is 55.4 Å². The van der Waals surface area contributed by atoms with Crippen LogP contribution >= 0.6 is 0 Å². The van der Waals surface area contributed by atoms with E-state index in [0.29, 0.717) is 12.8 Å². The number of rotatable bonds is 33. The van der Waals surface area contributed by atoms with Crippen molar-refractivity contribution >= 4 is 11.9 Å². The van der Waals surface area contributed by atoms with Crippen molar-refractivity contribution in [3.8, 4) is 0 Å². The van der Waals surface area contributed by atoms with E-state index < -0.39 is 99.3 Å². The fourth-order valence-corrected chi connectivity index (χ4v) is 6.71. The first kappa shape index (κ1) is 55.3. The molecular weight excluding hydrogens is 805 g/mol. The van der Waals surface area contributed by atoms with Crippen LogP contribution in [-0.2, 0) is 38.0 Å². The van der Waals surface area contributed by atoms with Crippen molar-refractivity contribution in [2.24, 2.45) is 0 Å². The van der Waals surface area contributed by atoms with E-state index in [4.69, 9.17) is 28.4 Å². The maximum absolute atomic E-state index is 12.9. The van der Waals surface area contributed by atoms with E-state index >= 15 is 0 Å². The Balaban J connectivity index is 1.84. The smallest absolute Gasteiger partial charge is 0.306 e. The van der Waals surface area contributed by atoms with Crippen LogP contribution in [0.5, 0.6) is 0 Å². The summed E-state index contributed by atoms with van der Waals surface area (Å²) in [7, 11) is 0. The molecule has 0 amide bonds. The van der Waals surface area contributed by atoms with Crippen LogP contribution in [-0.4, -0.2) is 142 Å². The number of ether oxygens (including phenoxy) is 6. The van der Waals surface area contributed by atoms with Crippen LogP contribution in [0.25, 0.3) is 0 Å². The van der Waals surface area contributed by atoms with Crippen LogP contribution in [0, 0.1) is 0 Å². The van der Waals surface area contributed by atoms with Gasteiger partial charge in [0, 0.05) is 12.8 Å². The first-order valence-electron chi connectivity index (χ1n) is 22.9. The Labute approximate surface area is 369 Å². The summed E-state index contributed by atoms with van der Waals surface area (Å²) in [6.45, 7) is 2.35. The first-order valence-corrected chi connectivity index (χ1v) is 22.9. The molecule has 0 aromatic carbocycles. The Morgan fingerprint density at radius 3 is 1.60 bits per heavy atom. The monoisotopic (exact) mass is 883 g/mol. The van der Waals surface area contributed by atoms with Gasteiger partial charge in [-0.2, -0.15) is 0 Å². The summed E-state index contributed by atoms with van der Waals surface area (Å²) in [5.41, 5.74) is 0. The van der Waals surface area contributed by atoms with Gasteiger partial charge in [-0.3, -0.25) is 9.59 Å². The normalized spacial score (nSPS) is 27.6. The van der Waals surface area contributed by atoms with Crippen LogP contribution in [0.2, 0.25) is 0 Å². The van der Waals surface area contributed by atoms with Crippen molar-refractivity contribution in [2.45, 2.75) is 197 Å². The molecule has 2 saturated heterocycles. The molecule has 15 nitrogen and oxygen atoms in total. The number of esters is 2. The minimum absolute atomic E-state index is 0.124. The third-order valence-corrected chi connectivity index (χ3v) is 10.5. The van der Waals surface area contributed by atoms with E-state index in [1.807, 2.05) is 0 Å². The molecule has 0 aliphatic carbocycles. The fourth-order valence-electron chi connectivity index (χ4n) is 6.71. The molecule has 0 saturated carbocycles. The Morgan fingerprint density at radius 2 is 1.02 bits per heavy atom. The molecule has 15 heteroatoms. The number of carbonyl (C=O) groups is 2. The molecule has 2 fully saturated rings. The van der Waals surface area contributed by atoms with Crippen molar-refractivity contribution in [3.63, 3.8) is 0 Å². The molecule has 0 aromatic rings. The highest BCUT2D eigenvalue weighted by Gasteiger charge is 2.47. The molecule has 2 heterocycles. The number of hydrogen-bond donors (Lipinski definition) is 7. The predicted octanol–water partition coefficient (Wildman–Crippen LogP) is 4.92. The number of unbranched alkanes of at least 4 members (excludes halogenated alkanes) is 9. The molecule has 11 atom stereocenters. The lowest BCUT2D eigenvalue weighted by molar-refractivity contribution is -0.332. The molecule has 2 aliphatic heterocycles. The zero-order chi connectivity index (χ0) is 45.4. The van der Waals surface area contributed by atoms with Gasteiger partial charge in [-0.05, 0) is 57.8 Å². The second kappa shape index (κ2) is 34.6. The molecule has 356 valence electrons. The highest BCUT2D eigenvalue weighted by molar-refractivity contribution is 5.70. The second-order valence-electron chi connectivity index (χ2n) is 15.9. The quantitative estimate of drug-likeness (QED) is 0.0263. The van der Waals surface area contributed by atoms with Crippen LogP contribution in [0.4, 0.5) is 0 Å². The highest BCUT2D eigenvalue weighted by Crippen LogP contribution is 2.26. The number of carbonyl (C=O) groups excluding carboxylic acids is 2. The minimum atomic E-state index is -1.77. The van der Waals surface area contributed by atoms with Crippen LogP contribution in [0.15, 0.2) is 60.8 Å². The zero-order valence-corrected chi connectivity index (χ0v) is 37.1. The minimum Gasteiger partial charge on any atom is -0.462 e. The van der Waals surface area contributed by atoms with E-state index in [-0.39, 0.29) is 19.4 Å². The summed E-state index contributed by atoms with van der Waals surface area (Å²) in [5, 5.41) is 71.8. The van der Waals surface area contributed by atoms with Crippen molar-refractivity contribution < 1.29 is 73.8 Å². The maximum Gasteiger partial charge on any atom is 0.306 e. The average Bonchev–Trinajstić information content (AvgIpc) is 3.26. The summed E-state index contributed by atoms with van der Waals surface area (Å²) in [5.74, 6) is -0.976. The molecule has 0 bridgehead atoms. The molecule has 62 heavy (non-hydrogen) atoms. The molecule has 0 spiro atoms. The lowest BCUT2D eigenvalue weighted by Crippen LogP contribution is -2.61. The van der Waals surface area contributed by atoms with Gasteiger partial charge < -0.3 is 64.2 Å². The van der Waals surface area contributed by atoms with Gasteiger partial charge in [-0.25, -0.2) is 0 Å². The Hall–Kier alpha value is -2.80. The van der Waals surface area contributed by atoms with Crippen LogP contribution in [0.3, 0.4) is 0 Å². The van der Waals surface area contributed by atoms with E-state index in [2.05, 4.69) is 74.6 Å². The van der Waals surface area contributed by atoms with Gasteiger partial charge in [-0.15, -0.1) is 0 Å². The number of allylic oxidation sites excluding steroid dienone is 10. The second-order valence-corrected chi connectivity index (χ2v) is 15.9. The summed E-state index contributed by atoms with van der Waals surface area (Å²) < 4.78 is 33.3. The standard InChI is InChI=1S/C47H78O15/c1-3-5-7-9-11-12-13-14-15-16-17-18-19-20-21-22-24-26-28-30-39(50)60-35(32-57-38(49)29-27-25-23-10-8-6-4-2)33-58-46-45(56)43(54)41(52)37(62-46)34-59-47-44(55)42(53)40(51)36(31-48)61-47/h5,7,11-12,14-15,17-18,20-21,35-37,40-48,51-56H,3-4,6,8-10,13,16,19,22-34H2,1-2H3/b7-5-,12-11-,15-14-,18-17-,21-20-. The van der Waals surface area contributed by atoms with Gasteiger partial charge >= 0.3 is 11.9 Å². The number of aliphatic hydroxyl groups excluding tert-OH is 7. The molecular formula is C47H78O15. The summed E-state index contributed by atoms with van der Waals surface area (Å²) in [4.78, 5) is 25.5. The lowest BCUT2D eigenvalue weighted by Gasteiger charge is -2.42. The SMILES string of the molecule is CC/C=C\C/C=C\C/C=C\C/C=C\C/C=C\CCCCCC(=O)OC(COC(=O)CCCCCCCCC)COC1OC(COC2OC(CO)C(O)C(O)C2O)C(O)C(O)C1O. The van der Waals surface area contributed by atoms with E-state index in [0.717, 1.165) is 77.0 Å². The van der Waals surface area contributed by atoms with Gasteiger partial charge in [-0.1, -0.05) is 120 Å². The fraction of sp³-hybridized carbons (Fsp3) is 0.745. The number of aliphatic hydroxyl groups is 7. The third kappa shape index (κ3) is 23.2. The Bertz CT molecular complexity index is 1320. The third-order valence-electron chi connectivity index (χ3n) is 10.5. The average molecular weight is 883 g/mol. The zero-order valence-electron chi connectivity index (χ0n) is 37.1. The Morgan fingerprint density at radius 1 is 0.532 bits per heavy atom. The molecule has 2 rings (SSSR count). The van der Waals surface area contributed by atoms with Crippen molar-refractivity contribution in [3.05, 3.63) is 60.8 Å². The molecule has 7 N–H and O–H groups in total. The number of hydrogen-bond acceptors (Lipinski definition) is 15. The first-order chi connectivity index (χ1) is 30.0. The van der Waals surface area contributed by atoms with Crippen LogP contribution < -0.4 is 0 Å². The Kier molecular flexibility index (Phi) is 30.9. The molecule has 0 aromatic heterocycles. The van der Waals surface area contributed by atoms with Gasteiger partial charge in [0.05, 0.1) is 19.8 Å². The maximum atomic E-state index is 12.9. The highest BCUT2D eigenvalue weighted by atomic mass is 16.7. The predicted molar refractivity (Wildman–Crippen MR) is 233 cm³/mol. The summed E-state index contributed by atoms with van der Waals surface area (Å²) in [6, 6.07) is 0. The van der Waals surface area contributed by atoms with Crippen LogP contribution in [0.1, 0.15) is 129 Å². The van der Waals surface area contributed by atoms with Gasteiger partial charge in [0.2, 0.25) is 0 Å². The largest absolute Gasteiger partial charge is 0.462 e. The summed E-state index contributed by atoms with van der Waals surface area (Å²) in [6.07, 6.45) is 20.0. The molecule has 0 radical (unpaired) electrons. The van der Waals surface area contributed by atoms with Crippen molar-refractivity contribution in [1.29, 1.82) is 0 Å².